The van der Waals surface area contributed by atoms with Gasteiger partial charge in [-0.05, 0) is 13.8 Å². The minimum absolute atomic E-state index is 0.109. The number of carbonyl (C=O) groups excluding carboxylic acids is 1. The summed E-state index contributed by atoms with van der Waals surface area (Å²) in [5.41, 5.74) is 6.70. The fourth-order valence-electron chi connectivity index (χ4n) is 1.44. The summed E-state index contributed by atoms with van der Waals surface area (Å²) in [6.45, 7) is 3.82. The van der Waals surface area contributed by atoms with Crippen molar-refractivity contribution in [2.24, 2.45) is 0 Å². The summed E-state index contributed by atoms with van der Waals surface area (Å²) in [5.74, 6) is 0.903. The molecule has 20 heavy (non-hydrogen) atoms. The molecule has 0 aliphatic rings. The zero-order valence-corrected chi connectivity index (χ0v) is 11.9. The maximum absolute atomic E-state index is 11.5. The maximum atomic E-state index is 11.5. The number of nitrogens with zero attached hydrogens (tertiary/aromatic N) is 3. The second-order valence-electron chi connectivity index (χ2n) is 3.89. The Bertz CT molecular complexity index is 614. The lowest BCUT2D eigenvalue weighted by atomic mass is 10.3. The summed E-state index contributed by atoms with van der Waals surface area (Å²) in [6, 6.07) is 1.84. The Kier molecular flexibility index (Phi) is 4.57. The summed E-state index contributed by atoms with van der Waals surface area (Å²) in [4.78, 5) is 19.7. The van der Waals surface area contributed by atoms with E-state index in [-0.39, 0.29) is 18.0 Å². The highest BCUT2D eigenvalue weighted by atomic mass is 32.2. The first kappa shape index (κ1) is 14.3. The highest BCUT2D eigenvalue weighted by Gasteiger charge is 2.14. The van der Waals surface area contributed by atoms with Crippen LogP contribution in [0.25, 0.3) is 0 Å². The van der Waals surface area contributed by atoms with Gasteiger partial charge in [0.25, 0.3) is 0 Å². The molecule has 0 bridgehead atoms. The summed E-state index contributed by atoms with van der Waals surface area (Å²) in [7, 11) is 0. The van der Waals surface area contributed by atoms with Crippen LogP contribution >= 0.6 is 11.8 Å². The van der Waals surface area contributed by atoms with Crippen molar-refractivity contribution in [2.45, 2.75) is 24.8 Å². The van der Waals surface area contributed by atoms with Gasteiger partial charge < -0.3 is 15.0 Å². The molecule has 0 spiro atoms. The largest absolute Gasteiger partial charge is 0.462 e. The van der Waals surface area contributed by atoms with Gasteiger partial charge in [0.2, 0.25) is 0 Å². The Hall–Kier alpha value is -2.09. The molecule has 2 aromatic heterocycles. The van der Waals surface area contributed by atoms with Gasteiger partial charge in [-0.3, -0.25) is 0 Å². The normalized spacial score (nSPS) is 10.5. The third-order valence-corrected chi connectivity index (χ3v) is 3.21. The predicted molar refractivity (Wildman–Crippen MR) is 73.2 cm³/mol. The van der Waals surface area contributed by atoms with Gasteiger partial charge in [-0.15, -0.1) is 0 Å². The number of aryl methyl sites for hydroxylation is 1. The van der Waals surface area contributed by atoms with Gasteiger partial charge in [-0.2, -0.15) is 0 Å². The molecule has 2 heterocycles. The fourth-order valence-corrected chi connectivity index (χ4v) is 2.14. The molecule has 2 N–H and O–H groups in total. The monoisotopic (exact) mass is 294 g/mol. The zero-order chi connectivity index (χ0) is 14.5. The van der Waals surface area contributed by atoms with Crippen molar-refractivity contribution >= 4 is 23.5 Å². The molecule has 0 aliphatic carbocycles. The van der Waals surface area contributed by atoms with Crippen molar-refractivity contribution in [2.75, 3.05) is 12.3 Å². The average molecular weight is 294 g/mol. The SMILES string of the molecule is CCOC(=O)c1cnc(SCc2cc(C)on2)nc1N. The van der Waals surface area contributed by atoms with Crippen LogP contribution in [0.15, 0.2) is 21.9 Å². The Morgan fingerprint density at radius 3 is 2.95 bits per heavy atom. The second-order valence-corrected chi connectivity index (χ2v) is 4.83. The van der Waals surface area contributed by atoms with Crippen molar-refractivity contribution in [3.05, 3.63) is 29.3 Å². The van der Waals surface area contributed by atoms with Crippen LogP contribution in [0.4, 0.5) is 5.82 Å². The molecule has 0 atom stereocenters. The molecule has 0 aromatic carbocycles. The van der Waals surface area contributed by atoms with Crippen LogP contribution in [-0.4, -0.2) is 27.7 Å². The van der Waals surface area contributed by atoms with Crippen LogP contribution in [0.5, 0.6) is 0 Å². The van der Waals surface area contributed by atoms with E-state index in [4.69, 9.17) is 15.0 Å². The number of hydrogen-bond acceptors (Lipinski definition) is 8. The lowest BCUT2D eigenvalue weighted by Crippen LogP contribution is -2.10. The number of hydrogen-bond donors (Lipinski definition) is 1. The van der Waals surface area contributed by atoms with Crippen LogP contribution in [0.3, 0.4) is 0 Å². The van der Waals surface area contributed by atoms with Crippen molar-refractivity contribution in [3.8, 4) is 0 Å². The number of anilines is 1. The molecule has 0 saturated heterocycles. The van der Waals surface area contributed by atoms with E-state index >= 15 is 0 Å². The van der Waals surface area contributed by atoms with E-state index in [1.54, 1.807) is 6.92 Å². The Balaban J connectivity index is 2.03. The molecular weight excluding hydrogens is 280 g/mol. The summed E-state index contributed by atoms with van der Waals surface area (Å²) < 4.78 is 9.82. The minimum Gasteiger partial charge on any atom is -0.462 e. The van der Waals surface area contributed by atoms with Crippen LogP contribution in [-0.2, 0) is 10.5 Å². The van der Waals surface area contributed by atoms with E-state index in [0.29, 0.717) is 10.9 Å². The predicted octanol–water partition coefficient (Wildman–Crippen LogP) is 1.82. The Morgan fingerprint density at radius 2 is 2.35 bits per heavy atom. The molecule has 8 heteroatoms. The zero-order valence-electron chi connectivity index (χ0n) is 11.1. The van der Waals surface area contributed by atoms with Crippen LogP contribution in [0.2, 0.25) is 0 Å². The topological polar surface area (TPSA) is 104 Å². The van der Waals surface area contributed by atoms with E-state index < -0.39 is 5.97 Å². The lowest BCUT2D eigenvalue weighted by Gasteiger charge is -2.05. The molecule has 0 amide bonds. The Morgan fingerprint density at radius 1 is 1.55 bits per heavy atom. The maximum Gasteiger partial charge on any atom is 0.343 e. The number of nitrogens with two attached hydrogens (primary N) is 1. The van der Waals surface area contributed by atoms with Crippen LogP contribution in [0.1, 0.15) is 28.7 Å². The molecule has 106 valence electrons. The van der Waals surface area contributed by atoms with Gasteiger partial charge in [0, 0.05) is 18.0 Å². The number of esters is 1. The molecule has 2 aromatic rings. The standard InChI is InChI=1S/C12H14N4O3S/c1-3-18-11(17)9-5-14-12(15-10(9)13)20-6-8-4-7(2)19-16-8/h4-5H,3,6H2,1-2H3,(H2,13,14,15). The average Bonchev–Trinajstić information content (AvgIpc) is 2.82. The summed E-state index contributed by atoms with van der Waals surface area (Å²) in [6.07, 6.45) is 1.37. The molecule has 2 rings (SSSR count). The van der Waals surface area contributed by atoms with E-state index in [0.717, 1.165) is 11.5 Å². The van der Waals surface area contributed by atoms with Crippen molar-refractivity contribution in [1.29, 1.82) is 0 Å². The van der Waals surface area contributed by atoms with Crippen LogP contribution in [0, 0.1) is 6.92 Å². The molecule has 0 radical (unpaired) electrons. The van der Waals surface area contributed by atoms with Gasteiger partial charge in [0.1, 0.15) is 17.1 Å². The van der Waals surface area contributed by atoms with Crippen molar-refractivity contribution < 1.29 is 14.1 Å². The number of thioether (sulfide) groups is 1. The highest BCUT2D eigenvalue weighted by Crippen LogP contribution is 2.21. The summed E-state index contributed by atoms with van der Waals surface area (Å²) in [5, 5.41) is 4.34. The molecule has 0 fully saturated rings. The van der Waals surface area contributed by atoms with E-state index in [1.807, 2.05) is 13.0 Å². The third-order valence-electron chi connectivity index (χ3n) is 2.32. The quantitative estimate of drug-likeness (QED) is 0.506. The first-order chi connectivity index (χ1) is 9.60. The highest BCUT2D eigenvalue weighted by molar-refractivity contribution is 7.98. The molecule has 0 unspecified atom stereocenters. The number of carbonyl (C=O) groups is 1. The van der Waals surface area contributed by atoms with E-state index in [9.17, 15) is 4.79 Å². The number of ether oxygens (including phenoxy) is 1. The Labute approximate surface area is 119 Å². The number of nitrogen functional groups attached to an aromatic ring is 1. The molecule has 0 aliphatic heterocycles. The fraction of sp³-hybridized carbons (Fsp3) is 0.333. The van der Waals surface area contributed by atoms with Gasteiger partial charge in [0.15, 0.2) is 5.16 Å². The smallest absolute Gasteiger partial charge is 0.343 e. The third kappa shape index (κ3) is 3.47. The number of aromatic nitrogens is 3. The minimum atomic E-state index is -0.520. The van der Waals surface area contributed by atoms with Gasteiger partial charge in [0.05, 0.1) is 12.3 Å². The first-order valence-electron chi connectivity index (χ1n) is 5.94. The first-order valence-corrected chi connectivity index (χ1v) is 6.93. The molecular formula is C12H14N4O3S. The van der Waals surface area contributed by atoms with E-state index in [2.05, 4.69) is 15.1 Å². The van der Waals surface area contributed by atoms with Crippen molar-refractivity contribution in [3.63, 3.8) is 0 Å². The van der Waals surface area contributed by atoms with Crippen molar-refractivity contribution in [1.82, 2.24) is 15.1 Å². The molecule has 7 nitrogen and oxygen atoms in total. The lowest BCUT2D eigenvalue weighted by molar-refractivity contribution is 0.0526. The number of rotatable bonds is 5. The second kappa shape index (κ2) is 6.38. The van der Waals surface area contributed by atoms with E-state index in [1.165, 1.54) is 18.0 Å². The summed E-state index contributed by atoms with van der Waals surface area (Å²) >= 11 is 1.36. The van der Waals surface area contributed by atoms with Gasteiger partial charge >= 0.3 is 5.97 Å². The molecule has 0 saturated carbocycles. The van der Waals surface area contributed by atoms with Gasteiger partial charge in [-0.1, -0.05) is 16.9 Å². The van der Waals surface area contributed by atoms with Gasteiger partial charge in [-0.25, -0.2) is 14.8 Å². The van der Waals surface area contributed by atoms with Crippen LogP contribution < -0.4 is 5.73 Å².